The number of rotatable bonds is 4. The van der Waals surface area contributed by atoms with Gasteiger partial charge < -0.3 is 10.4 Å². The van der Waals surface area contributed by atoms with Gasteiger partial charge in [0.05, 0.1) is 12.0 Å². The van der Waals surface area contributed by atoms with Crippen LogP contribution in [-0.2, 0) is 9.59 Å². The molecule has 1 unspecified atom stereocenters. The molecule has 1 atom stereocenters. The molecule has 1 aliphatic rings. The molecule has 2 heterocycles. The lowest BCUT2D eigenvalue weighted by atomic mass is 10.1. The maximum Gasteiger partial charge on any atom is 0.335 e. The van der Waals surface area contributed by atoms with Crippen LogP contribution in [0, 0.1) is 0 Å². The molecule has 1 aliphatic heterocycles. The van der Waals surface area contributed by atoms with Gasteiger partial charge in [0.15, 0.2) is 0 Å². The number of amides is 2. The highest BCUT2D eigenvalue weighted by atomic mass is 16.4. The predicted molar refractivity (Wildman–Crippen MR) is 75.1 cm³/mol. The summed E-state index contributed by atoms with van der Waals surface area (Å²) in [7, 11) is 1.42. The van der Waals surface area contributed by atoms with E-state index in [0.717, 1.165) is 4.90 Å². The van der Waals surface area contributed by atoms with Crippen molar-refractivity contribution in [1.29, 1.82) is 0 Å². The molecular formula is C14H17N3O4. The Bertz CT molecular complexity index is 612. The van der Waals surface area contributed by atoms with Crippen LogP contribution in [0.15, 0.2) is 12.1 Å². The first kappa shape index (κ1) is 15.0. The Labute approximate surface area is 122 Å². The molecule has 112 valence electrons. The van der Waals surface area contributed by atoms with Crippen molar-refractivity contribution in [1.82, 2.24) is 9.88 Å². The highest BCUT2D eigenvalue weighted by Gasteiger charge is 2.36. The minimum absolute atomic E-state index is 0.0469. The summed E-state index contributed by atoms with van der Waals surface area (Å²) in [5, 5.41) is 12.0. The highest BCUT2D eigenvalue weighted by Crippen LogP contribution is 2.21. The number of hydrogen-bond acceptors (Lipinski definition) is 5. The van der Waals surface area contributed by atoms with Gasteiger partial charge in [-0.25, -0.2) is 9.78 Å². The number of carbonyl (C=O) groups is 3. The number of nitrogens with one attached hydrogen (secondary N) is 1. The molecule has 1 fully saturated rings. The van der Waals surface area contributed by atoms with Crippen LogP contribution in [0.5, 0.6) is 0 Å². The lowest BCUT2D eigenvalue weighted by Crippen LogP contribution is -2.32. The summed E-state index contributed by atoms with van der Waals surface area (Å²) < 4.78 is 0. The second kappa shape index (κ2) is 5.51. The molecule has 7 heteroatoms. The van der Waals surface area contributed by atoms with Crippen LogP contribution in [0.4, 0.5) is 5.82 Å². The van der Waals surface area contributed by atoms with Gasteiger partial charge in [-0.3, -0.25) is 14.5 Å². The van der Waals surface area contributed by atoms with Gasteiger partial charge in [-0.15, -0.1) is 0 Å². The van der Waals surface area contributed by atoms with E-state index in [4.69, 9.17) is 5.11 Å². The molecule has 2 N–H and O–H groups in total. The zero-order valence-corrected chi connectivity index (χ0v) is 12.1. The second-order valence-corrected chi connectivity index (χ2v) is 5.32. The molecular weight excluding hydrogens is 274 g/mol. The van der Waals surface area contributed by atoms with Crippen molar-refractivity contribution in [2.45, 2.75) is 32.2 Å². The third kappa shape index (κ3) is 3.01. The Morgan fingerprint density at radius 2 is 2.10 bits per heavy atom. The smallest absolute Gasteiger partial charge is 0.335 e. The van der Waals surface area contributed by atoms with Crippen molar-refractivity contribution in [2.75, 3.05) is 12.4 Å². The third-order valence-corrected chi connectivity index (χ3v) is 3.39. The summed E-state index contributed by atoms with van der Waals surface area (Å²) in [6.07, 6.45) is 0.0469. The van der Waals surface area contributed by atoms with Crippen molar-refractivity contribution in [3.05, 3.63) is 23.4 Å². The maximum absolute atomic E-state index is 11.9. The molecule has 0 spiro atoms. The third-order valence-electron chi connectivity index (χ3n) is 3.39. The number of carbonyl (C=O) groups excluding carboxylic acids is 2. The summed E-state index contributed by atoms with van der Waals surface area (Å²) >= 11 is 0. The molecule has 1 saturated heterocycles. The van der Waals surface area contributed by atoms with E-state index in [1.807, 2.05) is 13.8 Å². The number of nitrogens with zero attached hydrogens (tertiary/aromatic N) is 2. The van der Waals surface area contributed by atoms with Gasteiger partial charge in [-0.1, -0.05) is 13.8 Å². The molecule has 1 aromatic heterocycles. The van der Waals surface area contributed by atoms with Crippen LogP contribution in [0.2, 0.25) is 0 Å². The Morgan fingerprint density at radius 3 is 2.57 bits per heavy atom. The van der Waals surface area contributed by atoms with Gasteiger partial charge in [-0.2, -0.15) is 0 Å². The van der Waals surface area contributed by atoms with E-state index in [2.05, 4.69) is 10.3 Å². The van der Waals surface area contributed by atoms with Gasteiger partial charge in [0.2, 0.25) is 5.91 Å². The summed E-state index contributed by atoms with van der Waals surface area (Å²) in [6.45, 7) is 3.80. The first-order valence-electron chi connectivity index (χ1n) is 6.61. The van der Waals surface area contributed by atoms with E-state index in [9.17, 15) is 14.4 Å². The van der Waals surface area contributed by atoms with Gasteiger partial charge >= 0.3 is 5.97 Å². The van der Waals surface area contributed by atoms with E-state index in [1.54, 1.807) is 0 Å². The van der Waals surface area contributed by atoms with Crippen LogP contribution in [0.25, 0.3) is 0 Å². The molecule has 0 aliphatic carbocycles. The Morgan fingerprint density at radius 1 is 1.43 bits per heavy atom. The van der Waals surface area contributed by atoms with Crippen LogP contribution in [-0.4, -0.2) is 45.9 Å². The van der Waals surface area contributed by atoms with Crippen molar-refractivity contribution >= 4 is 23.6 Å². The highest BCUT2D eigenvalue weighted by molar-refractivity contribution is 6.06. The standard InChI is InChI=1S/C14H17N3O4/c1-7(2)9-4-8(14(20)21)5-11(15-9)16-10-6-12(18)17(3)13(10)19/h4-5,7,10H,6H2,1-3H3,(H,15,16)(H,20,21). The lowest BCUT2D eigenvalue weighted by molar-refractivity contribution is -0.136. The Balaban J connectivity index is 2.29. The molecule has 7 nitrogen and oxygen atoms in total. The number of carboxylic acids is 1. The van der Waals surface area contributed by atoms with E-state index >= 15 is 0 Å². The predicted octanol–water partition coefficient (Wildman–Crippen LogP) is 1.07. The number of imide groups is 1. The normalized spacial score (nSPS) is 18.5. The molecule has 0 aromatic carbocycles. The number of anilines is 1. The fourth-order valence-electron chi connectivity index (χ4n) is 2.09. The number of carboxylic acid groups (broad SMARTS) is 1. The van der Waals surface area contributed by atoms with E-state index in [0.29, 0.717) is 11.5 Å². The molecule has 1 aromatic rings. The molecule has 2 amide bonds. The molecule has 0 radical (unpaired) electrons. The number of likely N-dealkylation sites (N-methyl/N-ethyl adjacent to an activating group) is 1. The Hall–Kier alpha value is -2.44. The van der Waals surface area contributed by atoms with Crippen molar-refractivity contribution in [2.24, 2.45) is 0 Å². The zero-order chi connectivity index (χ0) is 15.7. The first-order chi connectivity index (χ1) is 9.79. The number of pyridine rings is 1. The van der Waals surface area contributed by atoms with Crippen molar-refractivity contribution in [3.8, 4) is 0 Å². The monoisotopic (exact) mass is 291 g/mol. The molecule has 21 heavy (non-hydrogen) atoms. The quantitative estimate of drug-likeness (QED) is 0.805. The molecule has 0 saturated carbocycles. The number of aromatic carboxylic acids is 1. The van der Waals surface area contributed by atoms with Gasteiger partial charge in [0, 0.05) is 12.7 Å². The topological polar surface area (TPSA) is 99.6 Å². The van der Waals surface area contributed by atoms with Gasteiger partial charge in [0.1, 0.15) is 11.9 Å². The largest absolute Gasteiger partial charge is 0.478 e. The average molecular weight is 291 g/mol. The minimum Gasteiger partial charge on any atom is -0.478 e. The molecule has 0 bridgehead atoms. The maximum atomic E-state index is 11.9. The summed E-state index contributed by atoms with van der Waals surface area (Å²) in [5.41, 5.74) is 0.712. The van der Waals surface area contributed by atoms with Gasteiger partial charge in [0.25, 0.3) is 5.91 Å². The van der Waals surface area contributed by atoms with E-state index in [-0.39, 0.29) is 29.7 Å². The number of aromatic nitrogens is 1. The lowest BCUT2D eigenvalue weighted by Gasteiger charge is -2.14. The van der Waals surface area contributed by atoms with E-state index < -0.39 is 12.0 Å². The summed E-state index contributed by atoms with van der Waals surface area (Å²) in [5.74, 6) is -1.33. The van der Waals surface area contributed by atoms with Crippen molar-refractivity contribution in [3.63, 3.8) is 0 Å². The number of likely N-dealkylation sites (tertiary alicyclic amines) is 1. The van der Waals surface area contributed by atoms with E-state index in [1.165, 1.54) is 19.2 Å². The summed E-state index contributed by atoms with van der Waals surface area (Å²) in [4.78, 5) is 39.9. The van der Waals surface area contributed by atoms with Crippen LogP contribution < -0.4 is 5.32 Å². The SMILES string of the molecule is CC(C)c1cc(C(=O)O)cc(NC2CC(=O)N(C)C2=O)n1. The van der Waals surface area contributed by atoms with Crippen LogP contribution >= 0.6 is 0 Å². The minimum atomic E-state index is -1.06. The molecule has 2 rings (SSSR count). The fraction of sp³-hybridized carbons (Fsp3) is 0.429. The van der Waals surface area contributed by atoms with Crippen LogP contribution in [0.1, 0.15) is 42.2 Å². The average Bonchev–Trinajstić information content (AvgIpc) is 2.66. The second-order valence-electron chi connectivity index (χ2n) is 5.32. The Kier molecular flexibility index (Phi) is 3.93. The fourth-order valence-corrected chi connectivity index (χ4v) is 2.09. The first-order valence-corrected chi connectivity index (χ1v) is 6.61. The van der Waals surface area contributed by atoms with Gasteiger partial charge in [-0.05, 0) is 18.1 Å². The van der Waals surface area contributed by atoms with Crippen LogP contribution in [0.3, 0.4) is 0 Å². The number of hydrogen-bond donors (Lipinski definition) is 2. The summed E-state index contributed by atoms with van der Waals surface area (Å²) in [6, 6.07) is 2.18. The zero-order valence-electron chi connectivity index (χ0n) is 12.1. The van der Waals surface area contributed by atoms with Crippen molar-refractivity contribution < 1.29 is 19.5 Å².